The maximum absolute atomic E-state index is 6.16. The zero-order chi connectivity index (χ0) is 18.3. The predicted octanol–water partition coefficient (Wildman–Crippen LogP) is 0.877. The normalized spacial score (nSPS) is 25.7. The van der Waals surface area contributed by atoms with Crippen molar-refractivity contribution in [1.82, 2.24) is 20.0 Å². The van der Waals surface area contributed by atoms with Gasteiger partial charge in [0.1, 0.15) is 12.4 Å². The van der Waals surface area contributed by atoms with E-state index in [1.54, 1.807) is 0 Å². The molecular formula is C21H34N4O2. The summed E-state index contributed by atoms with van der Waals surface area (Å²) in [4.78, 5) is 7.66. The summed E-state index contributed by atoms with van der Waals surface area (Å²) in [6.45, 7) is 13.5. The van der Waals surface area contributed by atoms with E-state index in [1.807, 2.05) is 0 Å². The summed E-state index contributed by atoms with van der Waals surface area (Å²) in [7, 11) is 0. The van der Waals surface area contributed by atoms with Crippen LogP contribution in [0.2, 0.25) is 0 Å². The second-order valence-corrected chi connectivity index (χ2v) is 7.87. The first-order valence-electron chi connectivity index (χ1n) is 10.6. The molecule has 0 bridgehead atoms. The topological polar surface area (TPSA) is 40.2 Å². The van der Waals surface area contributed by atoms with E-state index < -0.39 is 0 Å². The van der Waals surface area contributed by atoms with Gasteiger partial charge in [-0.05, 0) is 19.0 Å². The molecule has 0 radical (unpaired) electrons. The van der Waals surface area contributed by atoms with Crippen molar-refractivity contribution >= 4 is 0 Å². The van der Waals surface area contributed by atoms with E-state index in [0.29, 0.717) is 0 Å². The molecule has 1 atom stereocenters. The highest BCUT2D eigenvalue weighted by Crippen LogP contribution is 2.21. The quantitative estimate of drug-likeness (QED) is 0.764. The van der Waals surface area contributed by atoms with Crippen molar-refractivity contribution in [2.24, 2.45) is 0 Å². The van der Waals surface area contributed by atoms with Crippen LogP contribution in [-0.2, 0) is 11.3 Å². The van der Waals surface area contributed by atoms with Crippen LogP contribution in [0.4, 0.5) is 0 Å². The fourth-order valence-electron chi connectivity index (χ4n) is 4.36. The van der Waals surface area contributed by atoms with E-state index in [9.17, 15) is 0 Å². The highest BCUT2D eigenvalue weighted by Gasteiger charge is 2.26. The van der Waals surface area contributed by atoms with Crippen molar-refractivity contribution in [3.63, 3.8) is 0 Å². The molecule has 0 aliphatic carbocycles. The zero-order valence-electron chi connectivity index (χ0n) is 16.4. The molecule has 6 nitrogen and oxygen atoms in total. The molecule has 1 unspecified atom stereocenters. The Labute approximate surface area is 163 Å². The van der Waals surface area contributed by atoms with Gasteiger partial charge < -0.3 is 14.8 Å². The minimum atomic E-state index is 0.749. The Morgan fingerprint density at radius 2 is 1.81 bits per heavy atom. The Hall–Kier alpha value is -1.18. The van der Waals surface area contributed by atoms with Gasteiger partial charge in [0, 0.05) is 70.5 Å². The third-order valence-corrected chi connectivity index (χ3v) is 6.09. The first-order valence-corrected chi connectivity index (χ1v) is 10.6. The molecule has 1 aromatic rings. The molecule has 0 aromatic heterocycles. The number of nitrogens with one attached hydrogen (secondary N) is 1. The van der Waals surface area contributed by atoms with Crippen LogP contribution in [0, 0.1) is 0 Å². The highest BCUT2D eigenvalue weighted by molar-refractivity contribution is 5.33. The maximum atomic E-state index is 6.16. The first-order chi connectivity index (χ1) is 13.4. The number of rotatable bonds is 7. The SMILES string of the molecule is c1ccc(OCCN2CCOCC2)c(CN2CCN(C3CCNC3)CC2)c1. The van der Waals surface area contributed by atoms with Crippen LogP contribution in [0.15, 0.2) is 24.3 Å². The Morgan fingerprint density at radius 1 is 1.00 bits per heavy atom. The number of morpholine rings is 1. The van der Waals surface area contributed by atoms with Crippen LogP contribution in [-0.4, -0.2) is 99.5 Å². The van der Waals surface area contributed by atoms with E-state index >= 15 is 0 Å². The Morgan fingerprint density at radius 3 is 2.59 bits per heavy atom. The lowest BCUT2D eigenvalue weighted by Crippen LogP contribution is -2.50. The van der Waals surface area contributed by atoms with Crippen molar-refractivity contribution < 1.29 is 9.47 Å². The Kier molecular flexibility index (Phi) is 6.98. The third-order valence-electron chi connectivity index (χ3n) is 6.09. The molecule has 27 heavy (non-hydrogen) atoms. The number of piperazine rings is 1. The smallest absolute Gasteiger partial charge is 0.123 e. The van der Waals surface area contributed by atoms with Crippen molar-refractivity contribution in [1.29, 1.82) is 0 Å². The first kappa shape index (κ1) is 19.2. The number of para-hydroxylation sites is 1. The second kappa shape index (κ2) is 9.85. The van der Waals surface area contributed by atoms with Crippen LogP contribution < -0.4 is 10.1 Å². The van der Waals surface area contributed by atoms with Crippen LogP contribution >= 0.6 is 0 Å². The minimum Gasteiger partial charge on any atom is -0.492 e. The average molecular weight is 375 g/mol. The number of benzene rings is 1. The average Bonchev–Trinajstić information content (AvgIpc) is 3.26. The molecule has 3 saturated heterocycles. The maximum Gasteiger partial charge on any atom is 0.123 e. The van der Waals surface area contributed by atoms with Crippen LogP contribution in [0.25, 0.3) is 0 Å². The minimum absolute atomic E-state index is 0.749. The van der Waals surface area contributed by atoms with Crippen LogP contribution in [0.5, 0.6) is 5.75 Å². The lowest BCUT2D eigenvalue weighted by atomic mass is 10.1. The van der Waals surface area contributed by atoms with E-state index in [1.165, 1.54) is 38.2 Å². The molecule has 6 heteroatoms. The molecule has 4 rings (SSSR count). The summed E-state index contributed by atoms with van der Waals surface area (Å²) in [5, 5.41) is 3.49. The monoisotopic (exact) mass is 374 g/mol. The largest absolute Gasteiger partial charge is 0.492 e. The van der Waals surface area contributed by atoms with Crippen LogP contribution in [0.3, 0.4) is 0 Å². The van der Waals surface area contributed by atoms with Gasteiger partial charge in [0.25, 0.3) is 0 Å². The fraction of sp³-hybridized carbons (Fsp3) is 0.714. The number of ether oxygens (including phenoxy) is 2. The van der Waals surface area contributed by atoms with Gasteiger partial charge in [0.2, 0.25) is 0 Å². The lowest BCUT2D eigenvalue weighted by molar-refractivity contribution is 0.0321. The van der Waals surface area contributed by atoms with Gasteiger partial charge in [-0.1, -0.05) is 18.2 Å². The van der Waals surface area contributed by atoms with Crippen molar-refractivity contribution in [2.45, 2.75) is 19.0 Å². The molecule has 150 valence electrons. The summed E-state index contributed by atoms with van der Waals surface area (Å²) in [6, 6.07) is 9.30. The van der Waals surface area contributed by atoms with Crippen LogP contribution in [0.1, 0.15) is 12.0 Å². The molecule has 0 amide bonds. The van der Waals surface area contributed by atoms with Crippen molar-refractivity contribution in [3.05, 3.63) is 29.8 Å². The Bertz CT molecular complexity index is 565. The summed E-state index contributed by atoms with van der Waals surface area (Å²) in [5.74, 6) is 1.05. The van der Waals surface area contributed by atoms with Gasteiger partial charge in [-0.2, -0.15) is 0 Å². The van der Waals surface area contributed by atoms with E-state index in [-0.39, 0.29) is 0 Å². The standard InChI is InChI=1S/C21H34N4O2/c1-2-4-21(27-16-13-23-11-14-26-15-12-23)19(3-1)18-24-7-9-25(10-8-24)20-5-6-22-17-20/h1-4,20,22H,5-18H2. The van der Waals surface area contributed by atoms with E-state index in [2.05, 4.69) is 44.3 Å². The lowest BCUT2D eigenvalue weighted by Gasteiger charge is -2.38. The second-order valence-electron chi connectivity index (χ2n) is 7.87. The molecule has 0 spiro atoms. The fourth-order valence-corrected chi connectivity index (χ4v) is 4.36. The van der Waals surface area contributed by atoms with Gasteiger partial charge in [0.15, 0.2) is 0 Å². The number of hydrogen-bond donors (Lipinski definition) is 1. The van der Waals surface area contributed by atoms with Gasteiger partial charge in [-0.15, -0.1) is 0 Å². The van der Waals surface area contributed by atoms with E-state index in [4.69, 9.17) is 9.47 Å². The molecule has 3 aliphatic rings. The van der Waals surface area contributed by atoms with Gasteiger partial charge in [0.05, 0.1) is 13.2 Å². The summed E-state index contributed by atoms with van der Waals surface area (Å²) >= 11 is 0. The van der Waals surface area contributed by atoms with Gasteiger partial charge >= 0.3 is 0 Å². The number of nitrogens with zero attached hydrogens (tertiary/aromatic N) is 3. The number of hydrogen-bond acceptors (Lipinski definition) is 6. The molecule has 3 fully saturated rings. The van der Waals surface area contributed by atoms with Gasteiger partial charge in [-0.3, -0.25) is 14.7 Å². The summed E-state index contributed by atoms with van der Waals surface area (Å²) < 4.78 is 11.6. The van der Waals surface area contributed by atoms with E-state index in [0.717, 1.165) is 70.9 Å². The molecule has 3 aliphatic heterocycles. The Balaban J connectivity index is 1.24. The molecule has 1 aromatic carbocycles. The molecular weight excluding hydrogens is 340 g/mol. The van der Waals surface area contributed by atoms with Crippen molar-refractivity contribution in [2.75, 3.05) is 78.7 Å². The van der Waals surface area contributed by atoms with Crippen molar-refractivity contribution in [3.8, 4) is 5.75 Å². The summed E-state index contributed by atoms with van der Waals surface area (Å²) in [5.41, 5.74) is 1.32. The highest BCUT2D eigenvalue weighted by atomic mass is 16.5. The van der Waals surface area contributed by atoms with Gasteiger partial charge in [-0.25, -0.2) is 0 Å². The predicted molar refractivity (Wildman–Crippen MR) is 107 cm³/mol. The zero-order valence-corrected chi connectivity index (χ0v) is 16.4. The molecule has 1 N–H and O–H groups in total. The summed E-state index contributed by atoms with van der Waals surface area (Å²) in [6.07, 6.45) is 1.31. The third kappa shape index (κ3) is 5.42. The molecule has 0 saturated carbocycles. The molecule has 3 heterocycles.